The van der Waals surface area contributed by atoms with Crippen molar-refractivity contribution in [2.45, 2.75) is 77.0 Å². The van der Waals surface area contributed by atoms with Gasteiger partial charge < -0.3 is 0 Å². The zero-order chi connectivity index (χ0) is 12.9. The minimum Gasteiger partial charge on any atom is -0.0492 e. The van der Waals surface area contributed by atoms with Crippen LogP contribution in [0, 0.1) is 0 Å². The Kier molecular flexibility index (Phi) is 4.87. The van der Waals surface area contributed by atoms with E-state index >= 15 is 0 Å². The van der Waals surface area contributed by atoms with Gasteiger partial charge in [0.25, 0.3) is 0 Å². The molecule has 0 heterocycles. The summed E-state index contributed by atoms with van der Waals surface area (Å²) in [6.45, 7) is 0. The van der Waals surface area contributed by atoms with Crippen LogP contribution in [0.3, 0.4) is 0 Å². The highest BCUT2D eigenvalue weighted by Gasteiger charge is 2.36. The molecule has 0 N–H and O–H groups in total. The predicted octanol–water partition coefficient (Wildman–Crippen LogP) is 5.98. The topological polar surface area (TPSA) is 0 Å². The van der Waals surface area contributed by atoms with Gasteiger partial charge in [-0.3, -0.25) is 0 Å². The molecule has 0 bridgehead atoms. The summed E-state index contributed by atoms with van der Waals surface area (Å²) < 4.78 is 0. The maximum Gasteiger partial charge on any atom is 0.138 e. The Labute approximate surface area is 121 Å². The van der Waals surface area contributed by atoms with E-state index in [4.69, 9.17) is 0 Å². The van der Waals surface area contributed by atoms with Gasteiger partial charge in [0.15, 0.2) is 0 Å². The van der Waals surface area contributed by atoms with E-state index in [9.17, 15) is 0 Å². The van der Waals surface area contributed by atoms with Crippen LogP contribution in [-0.4, -0.2) is 0 Å². The second-order valence-electron chi connectivity index (χ2n) is 6.05. The summed E-state index contributed by atoms with van der Waals surface area (Å²) in [5.74, 6) is 0. The van der Waals surface area contributed by atoms with Gasteiger partial charge in [0, 0.05) is 19.3 Å². The first-order chi connectivity index (χ1) is 9.45. The van der Waals surface area contributed by atoms with Gasteiger partial charge in [-0.05, 0) is 76.0 Å². The quantitative estimate of drug-likeness (QED) is 0.556. The molecule has 0 aromatic rings. The summed E-state index contributed by atoms with van der Waals surface area (Å²) in [6.07, 6.45) is 24.4. The highest BCUT2D eigenvalue weighted by Crippen LogP contribution is 2.41. The third-order valence-corrected chi connectivity index (χ3v) is 7.22. The van der Waals surface area contributed by atoms with Crippen molar-refractivity contribution < 1.29 is 0 Å². The van der Waals surface area contributed by atoms with Crippen LogP contribution in [0.4, 0.5) is 0 Å². The summed E-state index contributed by atoms with van der Waals surface area (Å²) in [6, 6.07) is 0. The first kappa shape index (κ1) is 13.5. The summed E-state index contributed by atoms with van der Waals surface area (Å²) in [5, 5.41) is 0. The molecule has 104 valence electrons. The van der Waals surface area contributed by atoms with E-state index in [0.29, 0.717) is 10.9 Å². The minimum absolute atomic E-state index is 0.400. The predicted molar refractivity (Wildman–Crippen MR) is 87.0 cm³/mol. The van der Waals surface area contributed by atoms with Crippen LogP contribution in [0.2, 0.25) is 0 Å². The monoisotopic (exact) mass is 275 g/mol. The van der Waals surface area contributed by atoms with E-state index in [-0.39, 0.29) is 0 Å². The van der Waals surface area contributed by atoms with E-state index < -0.39 is 0 Å². The Bertz CT molecular complexity index is 338. The van der Waals surface area contributed by atoms with Gasteiger partial charge in [-0.25, -0.2) is 0 Å². The molecule has 0 saturated heterocycles. The Morgan fingerprint density at radius 1 is 0.526 bits per heavy atom. The molecule has 0 atom stereocenters. The largest absolute Gasteiger partial charge is 0.138 e. The summed E-state index contributed by atoms with van der Waals surface area (Å²) in [7, 11) is 0.400. The molecule has 0 nitrogen and oxygen atoms in total. The van der Waals surface area contributed by atoms with Crippen LogP contribution >= 0.6 is 0 Å². The molecule has 19 heavy (non-hydrogen) atoms. The number of rotatable bonds is 3. The Morgan fingerprint density at radius 3 is 1.16 bits per heavy atom. The van der Waals surface area contributed by atoms with Crippen LogP contribution in [0.1, 0.15) is 77.0 Å². The lowest BCUT2D eigenvalue weighted by Gasteiger charge is -2.22. The van der Waals surface area contributed by atoms with Gasteiger partial charge in [0.1, 0.15) is 14.7 Å². The third-order valence-electron chi connectivity index (χ3n) is 4.53. The molecule has 1 heteroatoms. The van der Waals surface area contributed by atoms with Crippen molar-refractivity contribution in [2.24, 2.45) is 0 Å². The van der Waals surface area contributed by atoms with Crippen molar-refractivity contribution in [3.63, 3.8) is 0 Å². The molecule has 3 aliphatic carbocycles. The molecule has 0 unspecified atom stereocenters. The highest BCUT2D eigenvalue weighted by atomic mass is 32.2. The van der Waals surface area contributed by atoms with Crippen molar-refractivity contribution in [2.75, 3.05) is 0 Å². The summed E-state index contributed by atoms with van der Waals surface area (Å²) in [5.41, 5.74) is 0. The molecule has 3 aliphatic rings. The molecular weight excluding hydrogens is 248 g/mol. The average molecular weight is 275 g/mol. The first-order valence-corrected chi connectivity index (χ1v) is 9.49. The zero-order valence-corrected chi connectivity index (χ0v) is 12.9. The lowest BCUT2D eigenvalue weighted by Crippen LogP contribution is -2.16. The van der Waals surface area contributed by atoms with Crippen LogP contribution in [0.25, 0.3) is 0 Å². The summed E-state index contributed by atoms with van der Waals surface area (Å²) >= 11 is 0. The van der Waals surface area contributed by atoms with Crippen molar-refractivity contribution >= 4 is 10.9 Å². The first-order valence-electron chi connectivity index (χ1n) is 8.26. The van der Waals surface area contributed by atoms with E-state index in [1.165, 1.54) is 77.0 Å². The molecule has 0 radical (unpaired) electrons. The minimum atomic E-state index is 0.400. The van der Waals surface area contributed by atoms with Gasteiger partial charge in [-0.1, -0.05) is 0 Å². The average Bonchev–Trinajstić information content (AvgIpc) is 2.51. The van der Waals surface area contributed by atoms with Gasteiger partial charge in [0.05, 0.1) is 10.9 Å². The Hall–Kier alpha value is -0.430. The Morgan fingerprint density at radius 2 is 0.895 bits per heavy atom. The molecule has 0 aromatic heterocycles. The number of hydrogen-bond donors (Lipinski definition) is 0. The van der Waals surface area contributed by atoms with E-state index in [0.717, 1.165) is 0 Å². The van der Waals surface area contributed by atoms with Crippen LogP contribution < -0.4 is 0 Å². The molecule has 0 amide bonds. The van der Waals surface area contributed by atoms with Crippen LogP contribution in [0.15, 0.2) is 32.9 Å². The summed E-state index contributed by atoms with van der Waals surface area (Å²) in [4.78, 5) is 5.40. The smallest absolute Gasteiger partial charge is 0.0492 e. The standard InChI is InChI=1S/C18H27S/c1-4-10-16(11-5-1)19(17-12-6-2-7-13-17)18-14-8-3-9-15-18/h10,12,14H,1-9,11,13,15H2/q+1. The second-order valence-corrected chi connectivity index (χ2v) is 8.24. The molecule has 3 rings (SSSR count). The lowest BCUT2D eigenvalue weighted by molar-refractivity contribution is 0.708. The van der Waals surface area contributed by atoms with Gasteiger partial charge in [-0.15, -0.1) is 0 Å². The number of allylic oxidation sites excluding steroid dienone is 6. The fourth-order valence-corrected chi connectivity index (χ4v) is 6.40. The van der Waals surface area contributed by atoms with Crippen molar-refractivity contribution in [3.05, 3.63) is 32.9 Å². The Balaban J connectivity index is 1.87. The second kappa shape index (κ2) is 6.83. The van der Waals surface area contributed by atoms with Gasteiger partial charge in [-0.2, -0.15) is 0 Å². The SMILES string of the molecule is C1=C([S+](C2=CCCCC2)C2=CCCCC2)CCCC1. The van der Waals surface area contributed by atoms with Crippen LogP contribution in [0.5, 0.6) is 0 Å². The normalized spacial score (nSPS) is 24.8. The number of hydrogen-bond acceptors (Lipinski definition) is 0. The molecule has 0 saturated carbocycles. The van der Waals surface area contributed by atoms with E-state index in [1.54, 1.807) is 14.7 Å². The van der Waals surface area contributed by atoms with Gasteiger partial charge >= 0.3 is 0 Å². The van der Waals surface area contributed by atoms with Crippen molar-refractivity contribution in [3.8, 4) is 0 Å². The van der Waals surface area contributed by atoms with E-state index in [1.807, 2.05) is 0 Å². The molecule has 0 aliphatic heterocycles. The van der Waals surface area contributed by atoms with Crippen molar-refractivity contribution in [1.29, 1.82) is 0 Å². The van der Waals surface area contributed by atoms with Crippen LogP contribution in [-0.2, 0) is 10.9 Å². The van der Waals surface area contributed by atoms with Gasteiger partial charge in [0.2, 0.25) is 0 Å². The lowest BCUT2D eigenvalue weighted by atomic mass is 10.1. The maximum atomic E-state index is 2.59. The molecule has 0 aromatic carbocycles. The van der Waals surface area contributed by atoms with Crippen molar-refractivity contribution in [1.82, 2.24) is 0 Å². The highest BCUT2D eigenvalue weighted by molar-refractivity contribution is 8.07. The maximum absolute atomic E-state index is 2.59. The molecule has 0 spiro atoms. The van der Waals surface area contributed by atoms with E-state index in [2.05, 4.69) is 18.2 Å². The third kappa shape index (κ3) is 3.37. The molecular formula is C18H27S+. The molecule has 0 fully saturated rings. The fourth-order valence-electron chi connectivity index (χ4n) is 3.49. The zero-order valence-electron chi connectivity index (χ0n) is 12.1. The fraction of sp³-hybridized carbons (Fsp3) is 0.667.